The number of hydrogen-bond donors (Lipinski definition) is 1. The van der Waals surface area contributed by atoms with Gasteiger partial charge in [-0.3, -0.25) is 9.59 Å². The third kappa shape index (κ3) is 3.18. The maximum absolute atomic E-state index is 13.2. The number of nitrogens with zero attached hydrogens (tertiary/aromatic N) is 2. The van der Waals surface area contributed by atoms with E-state index in [0.29, 0.717) is 13.1 Å². The van der Waals surface area contributed by atoms with E-state index in [-0.39, 0.29) is 42.8 Å². The Morgan fingerprint density at radius 2 is 1.67 bits per heavy atom. The van der Waals surface area contributed by atoms with E-state index < -0.39 is 5.54 Å². The summed E-state index contributed by atoms with van der Waals surface area (Å²) in [6.45, 7) is 2.22. The van der Waals surface area contributed by atoms with Gasteiger partial charge in [0, 0.05) is 33.0 Å². The zero-order valence-electron chi connectivity index (χ0n) is 17.0. The molecule has 30 heavy (non-hydrogen) atoms. The molecule has 0 saturated carbocycles. The molecular weight excluding hydrogens is 387 g/mol. The van der Waals surface area contributed by atoms with Crippen LogP contribution in [0.2, 0.25) is 0 Å². The van der Waals surface area contributed by atoms with Crippen LogP contribution in [0.3, 0.4) is 0 Å². The summed E-state index contributed by atoms with van der Waals surface area (Å²) in [5.41, 5.74) is 2.38. The fraction of sp³-hybridized carbons (Fsp3) is 0.391. The van der Waals surface area contributed by atoms with Crippen molar-refractivity contribution in [2.24, 2.45) is 0 Å². The minimum Gasteiger partial charge on any atom is -0.394 e. The third-order valence-electron chi connectivity index (χ3n) is 6.30. The molecule has 2 aromatic rings. The largest absolute Gasteiger partial charge is 0.394 e. The van der Waals surface area contributed by atoms with Crippen LogP contribution in [0.15, 0.2) is 48.5 Å². The van der Waals surface area contributed by atoms with Crippen LogP contribution in [-0.4, -0.2) is 71.7 Å². The number of rotatable bonds is 5. The van der Waals surface area contributed by atoms with E-state index in [0.717, 1.165) is 16.7 Å². The Bertz CT molecular complexity index is 939. The number of aliphatic hydroxyl groups is 1. The van der Waals surface area contributed by atoms with Crippen molar-refractivity contribution in [2.45, 2.75) is 24.4 Å². The van der Waals surface area contributed by atoms with Gasteiger partial charge in [0.05, 0.1) is 18.2 Å². The van der Waals surface area contributed by atoms with Crippen molar-refractivity contribution in [2.75, 3.05) is 33.4 Å². The van der Waals surface area contributed by atoms with Gasteiger partial charge in [-0.25, -0.2) is 4.39 Å². The Balaban J connectivity index is 1.60. The van der Waals surface area contributed by atoms with Crippen LogP contribution < -0.4 is 0 Å². The molecule has 158 valence electrons. The highest BCUT2D eigenvalue weighted by Crippen LogP contribution is 2.54. The molecular formula is C23H25FN2O4. The lowest BCUT2D eigenvalue weighted by Crippen LogP contribution is -2.85. The minimum absolute atomic E-state index is 0.0105. The molecule has 2 aliphatic heterocycles. The minimum atomic E-state index is -0.500. The molecule has 0 unspecified atom stereocenters. The number of methoxy groups -OCH3 is 1. The average Bonchev–Trinajstić information content (AvgIpc) is 2.67. The first-order valence-corrected chi connectivity index (χ1v) is 9.94. The van der Waals surface area contributed by atoms with Gasteiger partial charge in [-0.05, 0) is 28.8 Å². The molecule has 1 N–H and O–H groups in total. The van der Waals surface area contributed by atoms with E-state index >= 15 is 0 Å². The Labute approximate surface area is 174 Å². The van der Waals surface area contributed by atoms with Gasteiger partial charge in [0.2, 0.25) is 11.8 Å². The summed E-state index contributed by atoms with van der Waals surface area (Å²) in [4.78, 5) is 27.9. The molecule has 2 fully saturated rings. The van der Waals surface area contributed by atoms with Crippen molar-refractivity contribution in [1.82, 2.24) is 9.80 Å². The summed E-state index contributed by atoms with van der Waals surface area (Å²) in [5.74, 6) is -0.559. The maximum Gasteiger partial charge on any atom is 0.248 e. The summed E-state index contributed by atoms with van der Waals surface area (Å²) < 4.78 is 18.1. The van der Waals surface area contributed by atoms with Crippen molar-refractivity contribution in [3.63, 3.8) is 0 Å². The lowest BCUT2D eigenvalue weighted by Gasteiger charge is -2.70. The van der Waals surface area contributed by atoms with Crippen LogP contribution in [0.4, 0.5) is 4.39 Å². The van der Waals surface area contributed by atoms with Crippen LogP contribution in [0.5, 0.6) is 0 Å². The molecule has 2 aromatic carbocycles. The molecule has 2 amide bonds. The number of amides is 2. The number of benzene rings is 2. The zero-order valence-corrected chi connectivity index (χ0v) is 17.0. The maximum atomic E-state index is 13.2. The highest BCUT2D eigenvalue weighted by Gasteiger charge is 2.67. The first kappa shape index (κ1) is 20.5. The number of likely N-dealkylation sites (tertiary alicyclic amines) is 2. The van der Waals surface area contributed by atoms with E-state index in [2.05, 4.69) is 0 Å². The first-order chi connectivity index (χ1) is 14.4. The predicted molar refractivity (Wildman–Crippen MR) is 109 cm³/mol. The molecule has 1 spiro atoms. The number of ether oxygens (including phenoxy) is 1. The van der Waals surface area contributed by atoms with E-state index in [1.807, 2.05) is 24.3 Å². The summed E-state index contributed by atoms with van der Waals surface area (Å²) in [5, 5.41) is 9.98. The van der Waals surface area contributed by atoms with Gasteiger partial charge in [-0.1, -0.05) is 36.4 Å². The molecule has 0 bridgehead atoms. The summed E-state index contributed by atoms with van der Waals surface area (Å²) in [7, 11) is 1.48. The number of halogens is 1. The second-order valence-corrected chi connectivity index (χ2v) is 8.03. The van der Waals surface area contributed by atoms with Gasteiger partial charge >= 0.3 is 0 Å². The molecule has 2 saturated heterocycles. The van der Waals surface area contributed by atoms with Gasteiger partial charge in [0.1, 0.15) is 12.4 Å². The Morgan fingerprint density at radius 3 is 2.17 bits per heavy atom. The fourth-order valence-corrected chi connectivity index (χ4v) is 5.05. The Morgan fingerprint density at radius 1 is 1.10 bits per heavy atom. The predicted octanol–water partition coefficient (Wildman–Crippen LogP) is 2.03. The zero-order chi connectivity index (χ0) is 21.5. The fourth-order valence-electron chi connectivity index (χ4n) is 5.05. The van der Waals surface area contributed by atoms with Crippen molar-refractivity contribution in [3.8, 4) is 11.1 Å². The number of hydrogen-bond acceptors (Lipinski definition) is 4. The second kappa shape index (κ2) is 7.81. The molecule has 2 atom stereocenters. The highest BCUT2D eigenvalue weighted by molar-refractivity contribution is 5.82. The van der Waals surface area contributed by atoms with Gasteiger partial charge in [-0.15, -0.1) is 0 Å². The second-order valence-electron chi connectivity index (χ2n) is 8.03. The summed E-state index contributed by atoms with van der Waals surface area (Å²) >= 11 is 0. The average molecular weight is 412 g/mol. The molecule has 2 heterocycles. The van der Waals surface area contributed by atoms with Crippen molar-refractivity contribution >= 4 is 11.8 Å². The van der Waals surface area contributed by atoms with Crippen LogP contribution in [0.25, 0.3) is 11.1 Å². The standard InChI is InChI=1S/C23H25FN2O4/c1-15(28)26-20(11-27)22(23(26)13-25(14-23)21(29)12-30-2)18-5-3-16(4-6-18)17-7-9-19(24)10-8-17/h3-10,20,22,27H,11-14H2,1-2H3/t20-,22-/m1/s1. The van der Waals surface area contributed by atoms with Crippen LogP contribution in [-0.2, 0) is 14.3 Å². The topological polar surface area (TPSA) is 70.1 Å². The summed E-state index contributed by atoms with van der Waals surface area (Å²) in [6, 6.07) is 13.9. The SMILES string of the molecule is COCC(=O)N1CC2(C1)[C@H](c1ccc(-c3ccc(F)cc3)cc1)[C@@H](CO)N2C(C)=O. The molecule has 0 radical (unpaired) electrons. The Hall–Kier alpha value is -2.77. The van der Waals surface area contributed by atoms with E-state index in [4.69, 9.17) is 4.74 Å². The van der Waals surface area contributed by atoms with Crippen LogP contribution >= 0.6 is 0 Å². The molecule has 7 heteroatoms. The third-order valence-corrected chi connectivity index (χ3v) is 6.30. The monoisotopic (exact) mass is 412 g/mol. The number of aliphatic hydroxyl groups excluding tert-OH is 1. The normalized spacial score (nSPS) is 21.9. The van der Waals surface area contributed by atoms with Gasteiger partial charge in [0.15, 0.2) is 0 Å². The number of carbonyl (C=O) groups is 2. The van der Waals surface area contributed by atoms with Crippen molar-refractivity contribution < 1.29 is 23.8 Å². The lowest BCUT2D eigenvalue weighted by atomic mass is 9.60. The molecule has 0 aromatic heterocycles. The van der Waals surface area contributed by atoms with Crippen LogP contribution in [0, 0.1) is 5.82 Å². The van der Waals surface area contributed by atoms with Crippen LogP contribution in [0.1, 0.15) is 18.4 Å². The van der Waals surface area contributed by atoms with E-state index in [1.54, 1.807) is 21.9 Å². The smallest absolute Gasteiger partial charge is 0.248 e. The quantitative estimate of drug-likeness (QED) is 0.816. The van der Waals surface area contributed by atoms with Gasteiger partial charge in [0.25, 0.3) is 0 Å². The van der Waals surface area contributed by atoms with E-state index in [9.17, 15) is 19.1 Å². The molecule has 6 nitrogen and oxygen atoms in total. The lowest BCUT2D eigenvalue weighted by molar-refractivity contribution is -0.202. The molecule has 2 aliphatic rings. The molecule has 4 rings (SSSR count). The first-order valence-electron chi connectivity index (χ1n) is 9.94. The Kier molecular flexibility index (Phi) is 5.34. The molecule has 0 aliphatic carbocycles. The van der Waals surface area contributed by atoms with Gasteiger partial charge in [-0.2, -0.15) is 0 Å². The number of carbonyl (C=O) groups excluding carboxylic acids is 2. The van der Waals surface area contributed by atoms with Gasteiger partial charge < -0.3 is 19.6 Å². The van der Waals surface area contributed by atoms with Crippen molar-refractivity contribution in [1.29, 1.82) is 0 Å². The highest BCUT2D eigenvalue weighted by atomic mass is 19.1. The van der Waals surface area contributed by atoms with Crippen molar-refractivity contribution in [3.05, 3.63) is 59.9 Å². The summed E-state index contributed by atoms with van der Waals surface area (Å²) in [6.07, 6.45) is 0. The van der Waals surface area contributed by atoms with E-state index in [1.165, 1.54) is 26.2 Å².